The van der Waals surface area contributed by atoms with Gasteiger partial charge in [-0.15, -0.1) is 0 Å². The van der Waals surface area contributed by atoms with Crippen LogP contribution < -0.4 is 0 Å². The number of ether oxygens (including phenoxy) is 2. The molecule has 0 aliphatic carbocycles. The van der Waals surface area contributed by atoms with Crippen molar-refractivity contribution < 1.29 is 9.47 Å². The molecule has 0 spiro atoms. The van der Waals surface area contributed by atoms with Crippen LogP contribution in [0.25, 0.3) is 0 Å². The van der Waals surface area contributed by atoms with Gasteiger partial charge in [0.1, 0.15) is 0 Å². The van der Waals surface area contributed by atoms with E-state index >= 15 is 0 Å². The van der Waals surface area contributed by atoms with E-state index in [1.165, 1.54) is 6.42 Å². The summed E-state index contributed by atoms with van der Waals surface area (Å²) >= 11 is 0. The summed E-state index contributed by atoms with van der Waals surface area (Å²) in [5.74, 6) is 0.519. The minimum Gasteiger partial charge on any atom is -0.352 e. The van der Waals surface area contributed by atoms with Crippen molar-refractivity contribution in [2.24, 2.45) is 5.92 Å². The summed E-state index contributed by atoms with van der Waals surface area (Å²) in [6.07, 6.45) is 4.37. The Kier molecular flexibility index (Phi) is 4.62. The largest absolute Gasteiger partial charge is 0.352 e. The fourth-order valence-electron chi connectivity index (χ4n) is 1.52. The van der Waals surface area contributed by atoms with Crippen molar-refractivity contribution in [3.8, 4) is 0 Å². The molecular formula is C10H19O2. The molecule has 2 atom stereocenters. The van der Waals surface area contributed by atoms with E-state index in [0.29, 0.717) is 5.92 Å². The van der Waals surface area contributed by atoms with Crippen LogP contribution in [0.5, 0.6) is 0 Å². The van der Waals surface area contributed by atoms with Crippen LogP contribution in [0.15, 0.2) is 0 Å². The van der Waals surface area contributed by atoms with Crippen molar-refractivity contribution >= 4 is 0 Å². The molecule has 1 radical (unpaired) electrons. The Hall–Kier alpha value is -0.0800. The quantitative estimate of drug-likeness (QED) is 0.646. The van der Waals surface area contributed by atoms with Gasteiger partial charge in [0.25, 0.3) is 0 Å². The molecule has 1 fully saturated rings. The van der Waals surface area contributed by atoms with Gasteiger partial charge < -0.3 is 9.47 Å². The molecular weight excluding hydrogens is 152 g/mol. The van der Waals surface area contributed by atoms with Crippen LogP contribution in [0.4, 0.5) is 0 Å². The van der Waals surface area contributed by atoms with Crippen LogP contribution in [0.3, 0.4) is 0 Å². The normalized spacial score (nSPS) is 30.5. The molecule has 1 saturated heterocycles. The summed E-state index contributed by atoms with van der Waals surface area (Å²) in [5, 5.41) is 0. The lowest BCUT2D eigenvalue weighted by molar-refractivity contribution is -0.192. The monoisotopic (exact) mass is 171 g/mol. The van der Waals surface area contributed by atoms with E-state index in [1.54, 1.807) is 0 Å². The smallest absolute Gasteiger partial charge is 0.160 e. The predicted molar refractivity (Wildman–Crippen MR) is 48.7 cm³/mol. The van der Waals surface area contributed by atoms with Gasteiger partial charge in [0, 0.05) is 19.1 Å². The zero-order chi connectivity index (χ0) is 8.81. The molecule has 1 aliphatic heterocycles. The molecule has 2 heteroatoms. The van der Waals surface area contributed by atoms with Crippen LogP contribution in [0.1, 0.15) is 32.6 Å². The summed E-state index contributed by atoms with van der Waals surface area (Å²) in [4.78, 5) is 0. The van der Waals surface area contributed by atoms with Crippen molar-refractivity contribution in [2.75, 3.05) is 13.2 Å². The van der Waals surface area contributed by atoms with Gasteiger partial charge in [0.15, 0.2) is 6.29 Å². The molecule has 0 saturated carbocycles. The Balaban J connectivity index is 2.26. The van der Waals surface area contributed by atoms with Gasteiger partial charge in [-0.25, -0.2) is 0 Å². The summed E-state index contributed by atoms with van der Waals surface area (Å²) in [6, 6.07) is 0. The highest BCUT2D eigenvalue weighted by Crippen LogP contribution is 2.24. The first-order valence-electron chi connectivity index (χ1n) is 4.91. The second-order valence-electron chi connectivity index (χ2n) is 3.30. The summed E-state index contributed by atoms with van der Waals surface area (Å²) in [5.41, 5.74) is 0. The second-order valence-corrected chi connectivity index (χ2v) is 3.30. The lowest BCUT2D eigenvalue weighted by Gasteiger charge is -2.30. The van der Waals surface area contributed by atoms with Crippen molar-refractivity contribution in [1.82, 2.24) is 0 Å². The SMILES string of the molecule is [CH2]CC1CCCOC1OCCC. The number of rotatable bonds is 4. The van der Waals surface area contributed by atoms with Crippen LogP contribution in [0, 0.1) is 12.8 Å². The van der Waals surface area contributed by atoms with Crippen LogP contribution in [-0.4, -0.2) is 19.5 Å². The van der Waals surface area contributed by atoms with Gasteiger partial charge in [-0.3, -0.25) is 0 Å². The fraction of sp³-hybridized carbons (Fsp3) is 0.900. The third-order valence-corrected chi connectivity index (χ3v) is 2.24. The number of hydrogen-bond donors (Lipinski definition) is 0. The van der Waals surface area contributed by atoms with E-state index in [-0.39, 0.29) is 6.29 Å². The van der Waals surface area contributed by atoms with E-state index in [2.05, 4.69) is 13.8 Å². The summed E-state index contributed by atoms with van der Waals surface area (Å²) < 4.78 is 11.1. The maximum absolute atomic E-state index is 5.57. The van der Waals surface area contributed by atoms with Crippen molar-refractivity contribution in [2.45, 2.75) is 38.9 Å². The molecule has 71 valence electrons. The maximum atomic E-state index is 5.57. The van der Waals surface area contributed by atoms with Gasteiger partial charge in [-0.1, -0.05) is 13.8 Å². The van der Waals surface area contributed by atoms with Crippen molar-refractivity contribution in [3.05, 3.63) is 6.92 Å². The lowest BCUT2D eigenvalue weighted by atomic mass is 9.98. The van der Waals surface area contributed by atoms with E-state index in [1.807, 2.05) is 0 Å². The van der Waals surface area contributed by atoms with E-state index in [4.69, 9.17) is 9.47 Å². The minimum absolute atomic E-state index is 0.0243. The molecule has 1 rings (SSSR count). The van der Waals surface area contributed by atoms with Crippen LogP contribution in [0.2, 0.25) is 0 Å². The Bertz CT molecular complexity index is 114. The van der Waals surface area contributed by atoms with Crippen LogP contribution in [-0.2, 0) is 9.47 Å². The van der Waals surface area contributed by atoms with Gasteiger partial charge in [0.2, 0.25) is 0 Å². The van der Waals surface area contributed by atoms with Gasteiger partial charge in [-0.2, -0.15) is 0 Å². The molecule has 2 nitrogen and oxygen atoms in total. The summed E-state index contributed by atoms with van der Waals surface area (Å²) in [6.45, 7) is 7.68. The van der Waals surface area contributed by atoms with Gasteiger partial charge >= 0.3 is 0 Å². The molecule has 0 bridgehead atoms. The fourth-order valence-corrected chi connectivity index (χ4v) is 1.52. The molecule has 1 heterocycles. The molecule has 12 heavy (non-hydrogen) atoms. The van der Waals surface area contributed by atoms with Gasteiger partial charge in [-0.05, 0) is 25.7 Å². The van der Waals surface area contributed by atoms with Crippen molar-refractivity contribution in [1.29, 1.82) is 0 Å². The Morgan fingerprint density at radius 3 is 3.08 bits per heavy atom. The topological polar surface area (TPSA) is 18.5 Å². The molecule has 0 aromatic heterocycles. The van der Waals surface area contributed by atoms with Gasteiger partial charge in [0.05, 0.1) is 0 Å². The maximum Gasteiger partial charge on any atom is 0.160 e. The zero-order valence-corrected chi connectivity index (χ0v) is 7.92. The lowest BCUT2D eigenvalue weighted by Crippen LogP contribution is -2.31. The molecule has 0 amide bonds. The molecule has 1 aliphatic rings. The Labute approximate surface area is 75.2 Å². The standard InChI is InChI=1S/C10H19O2/c1-3-7-11-10-9(4-2)6-5-8-12-10/h9-10H,2-8H2,1H3. The molecule has 0 aromatic rings. The molecule has 2 unspecified atom stereocenters. The first kappa shape index (κ1) is 10.0. The van der Waals surface area contributed by atoms with Crippen molar-refractivity contribution in [3.63, 3.8) is 0 Å². The Morgan fingerprint density at radius 1 is 1.58 bits per heavy atom. The highest BCUT2D eigenvalue weighted by Gasteiger charge is 2.24. The molecule has 0 aromatic carbocycles. The zero-order valence-electron chi connectivity index (χ0n) is 7.92. The highest BCUT2D eigenvalue weighted by atomic mass is 16.7. The summed E-state index contributed by atoms with van der Waals surface area (Å²) in [7, 11) is 0. The van der Waals surface area contributed by atoms with E-state index in [0.717, 1.165) is 32.5 Å². The predicted octanol–water partition coefficient (Wildman–Crippen LogP) is 2.39. The Morgan fingerprint density at radius 2 is 2.42 bits per heavy atom. The minimum atomic E-state index is 0.0243. The number of hydrogen-bond acceptors (Lipinski definition) is 2. The first-order chi connectivity index (χ1) is 5.88. The average molecular weight is 171 g/mol. The third kappa shape index (κ3) is 2.76. The van der Waals surface area contributed by atoms with E-state index < -0.39 is 0 Å². The average Bonchev–Trinajstić information content (AvgIpc) is 2.15. The van der Waals surface area contributed by atoms with Crippen LogP contribution >= 0.6 is 0 Å². The third-order valence-electron chi connectivity index (χ3n) is 2.24. The first-order valence-corrected chi connectivity index (χ1v) is 4.91. The highest BCUT2D eigenvalue weighted by molar-refractivity contribution is 4.68. The van der Waals surface area contributed by atoms with E-state index in [9.17, 15) is 0 Å². The second kappa shape index (κ2) is 5.55. The molecule has 0 N–H and O–H groups in total.